The van der Waals surface area contributed by atoms with Gasteiger partial charge in [-0.1, -0.05) is 34.8 Å². The van der Waals surface area contributed by atoms with Gasteiger partial charge in [-0.15, -0.1) is 0 Å². The number of halogens is 4. The number of hydrogen-bond acceptors (Lipinski definition) is 5. The number of ether oxygens (including phenoxy) is 1. The van der Waals surface area contributed by atoms with Crippen LogP contribution in [0.25, 0.3) is 0 Å². The molecule has 3 amide bonds. The second-order valence-electron chi connectivity index (χ2n) is 6.76. The van der Waals surface area contributed by atoms with Crippen LogP contribution >= 0.6 is 50.7 Å². The van der Waals surface area contributed by atoms with Gasteiger partial charge in [0.25, 0.3) is 11.8 Å². The maximum Gasteiger partial charge on any atom is 0.311 e. The zero-order valence-electron chi connectivity index (χ0n) is 16.2. The highest BCUT2D eigenvalue weighted by atomic mass is 79.9. The standard InChI is InChI=1S/C20H15BrCl3N3O5/c21-13-3-2-12(7-15(13)23)25-17(28)9-32-20(31)11-6-18(29)27(8-11)26-19(30)10-1-4-14(22)16(24)5-10/h1-5,7,11H,6,8-9H2,(H,25,28)(H,26,30)/t11-/m0/s1. The lowest BCUT2D eigenvalue weighted by Gasteiger charge is -2.17. The van der Waals surface area contributed by atoms with Gasteiger partial charge in [-0.3, -0.25) is 29.6 Å². The van der Waals surface area contributed by atoms with Crippen LogP contribution in [-0.2, 0) is 19.1 Å². The van der Waals surface area contributed by atoms with Gasteiger partial charge in [-0.2, -0.15) is 0 Å². The van der Waals surface area contributed by atoms with Gasteiger partial charge in [-0.05, 0) is 52.3 Å². The lowest BCUT2D eigenvalue weighted by atomic mass is 10.1. The topological polar surface area (TPSA) is 105 Å². The normalized spacial score (nSPS) is 15.4. The number of anilines is 1. The van der Waals surface area contributed by atoms with E-state index in [2.05, 4.69) is 26.7 Å². The minimum atomic E-state index is -0.827. The van der Waals surface area contributed by atoms with Crippen molar-refractivity contribution in [3.8, 4) is 0 Å². The van der Waals surface area contributed by atoms with Gasteiger partial charge in [0.15, 0.2) is 6.61 Å². The molecule has 1 heterocycles. The number of benzene rings is 2. The molecule has 1 aliphatic rings. The third kappa shape index (κ3) is 6.13. The van der Waals surface area contributed by atoms with Crippen molar-refractivity contribution in [2.45, 2.75) is 6.42 Å². The first kappa shape index (κ1) is 24.3. The summed E-state index contributed by atoms with van der Waals surface area (Å²) in [6.45, 7) is -0.624. The van der Waals surface area contributed by atoms with Crippen molar-refractivity contribution in [1.29, 1.82) is 0 Å². The quantitative estimate of drug-likeness (QED) is 0.516. The van der Waals surface area contributed by atoms with E-state index in [1.807, 2.05) is 0 Å². The summed E-state index contributed by atoms with van der Waals surface area (Å²) in [6, 6.07) is 9.10. The summed E-state index contributed by atoms with van der Waals surface area (Å²) in [4.78, 5) is 48.8. The molecule has 0 unspecified atom stereocenters. The molecular weight excluding hydrogens is 548 g/mol. The summed E-state index contributed by atoms with van der Waals surface area (Å²) in [5.41, 5.74) is 3.06. The maximum absolute atomic E-state index is 12.3. The number of rotatable bonds is 6. The second-order valence-corrected chi connectivity index (χ2v) is 8.84. The summed E-state index contributed by atoms with van der Waals surface area (Å²) in [5, 5.41) is 4.47. The Morgan fingerprint density at radius 2 is 1.81 bits per heavy atom. The molecule has 2 N–H and O–H groups in total. The number of esters is 1. The van der Waals surface area contributed by atoms with Gasteiger partial charge >= 0.3 is 5.97 Å². The maximum atomic E-state index is 12.3. The smallest absolute Gasteiger partial charge is 0.311 e. The third-order valence-corrected chi connectivity index (χ3v) is 6.40. The highest BCUT2D eigenvalue weighted by Crippen LogP contribution is 2.26. The fourth-order valence-electron chi connectivity index (χ4n) is 2.82. The number of carbonyl (C=O) groups excluding carboxylic acids is 4. The molecular formula is C20H15BrCl3N3O5. The Kier molecular flexibility index (Phi) is 8.00. The van der Waals surface area contributed by atoms with Gasteiger partial charge in [0.1, 0.15) is 0 Å². The van der Waals surface area contributed by atoms with E-state index in [-0.39, 0.29) is 28.6 Å². The Hall–Kier alpha value is -2.33. The zero-order chi connectivity index (χ0) is 23.4. The Bertz CT molecular complexity index is 1100. The molecule has 168 valence electrons. The minimum Gasteiger partial charge on any atom is -0.455 e. The van der Waals surface area contributed by atoms with E-state index in [9.17, 15) is 19.2 Å². The van der Waals surface area contributed by atoms with Crippen LogP contribution in [-0.4, -0.2) is 41.9 Å². The molecule has 1 saturated heterocycles. The molecule has 8 nitrogen and oxygen atoms in total. The number of hydrazine groups is 1. The van der Waals surface area contributed by atoms with Crippen molar-refractivity contribution >= 4 is 80.1 Å². The molecule has 2 aromatic carbocycles. The van der Waals surface area contributed by atoms with Crippen molar-refractivity contribution in [1.82, 2.24) is 10.4 Å². The number of nitrogens with zero attached hydrogens (tertiary/aromatic N) is 1. The molecule has 1 atom stereocenters. The summed E-state index contributed by atoms with van der Waals surface area (Å²) < 4.78 is 5.68. The Morgan fingerprint density at radius 3 is 2.50 bits per heavy atom. The van der Waals surface area contributed by atoms with E-state index in [1.165, 1.54) is 24.3 Å². The minimum absolute atomic E-state index is 0.0886. The van der Waals surface area contributed by atoms with Crippen LogP contribution in [0.4, 0.5) is 5.69 Å². The van der Waals surface area contributed by atoms with Crippen molar-refractivity contribution in [3.05, 3.63) is 61.5 Å². The molecule has 3 rings (SSSR count). The molecule has 0 aromatic heterocycles. The van der Waals surface area contributed by atoms with E-state index in [1.54, 1.807) is 12.1 Å². The lowest BCUT2D eigenvalue weighted by Crippen LogP contribution is -2.43. The predicted molar refractivity (Wildman–Crippen MR) is 122 cm³/mol. The molecule has 1 fully saturated rings. The van der Waals surface area contributed by atoms with Crippen LogP contribution in [0.1, 0.15) is 16.8 Å². The third-order valence-electron chi connectivity index (χ3n) is 4.43. The van der Waals surface area contributed by atoms with E-state index >= 15 is 0 Å². The first-order chi connectivity index (χ1) is 15.1. The summed E-state index contributed by atoms with van der Waals surface area (Å²) in [6.07, 6.45) is -0.162. The largest absolute Gasteiger partial charge is 0.455 e. The summed E-state index contributed by atoms with van der Waals surface area (Å²) >= 11 is 20.9. The number of nitrogens with one attached hydrogen (secondary N) is 2. The fourth-order valence-corrected chi connectivity index (χ4v) is 3.55. The van der Waals surface area contributed by atoms with Crippen molar-refractivity contribution in [2.75, 3.05) is 18.5 Å². The molecule has 0 aliphatic carbocycles. The first-order valence-corrected chi connectivity index (χ1v) is 11.0. The van der Waals surface area contributed by atoms with Gasteiger partial charge in [-0.25, -0.2) is 0 Å². The van der Waals surface area contributed by atoms with Crippen LogP contribution in [0.5, 0.6) is 0 Å². The Balaban J connectivity index is 1.49. The highest BCUT2D eigenvalue weighted by molar-refractivity contribution is 9.10. The van der Waals surface area contributed by atoms with Gasteiger partial charge in [0, 0.05) is 22.1 Å². The van der Waals surface area contributed by atoms with Crippen molar-refractivity contribution in [3.63, 3.8) is 0 Å². The Morgan fingerprint density at radius 1 is 1.06 bits per heavy atom. The molecule has 0 spiro atoms. The second kappa shape index (κ2) is 10.5. The van der Waals surface area contributed by atoms with Crippen LogP contribution in [0.15, 0.2) is 40.9 Å². The summed E-state index contributed by atoms with van der Waals surface area (Å²) in [7, 11) is 0. The molecule has 1 aliphatic heterocycles. The molecule has 2 aromatic rings. The lowest BCUT2D eigenvalue weighted by molar-refractivity contribution is -0.151. The number of amides is 3. The van der Waals surface area contributed by atoms with Gasteiger partial charge < -0.3 is 10.1 Å². The van der Waals surface area contributed by atoms with E-state index in [4.69, 9.17) is 39.5 Å². The average molecular weight is 564 g/mol. The van der Waals surface area contributed by atoms with Crippen molar-refractivity contribution < 1.29 is 23.9 Å². The monoisotopic (exact) mass is 561 g/mol. The van der Waals surface area contributed by atoms with Gasteiger partial charge in [0.2, 0.25) is 5.91 Å². The van der Waals surface area contributed by atoms with Crippen LogP contribution in [0, 0.1) is 5.92 Å². The molecule has 0 saturated carbocycles. The van der Waals surface area contributed by atoms with E-state index in [0.29, 0.717) is 15.2 Å². The van der Waals surface area contributed by atoms with Crippen LogP contribution in [0.2, 0.25) is 15.1 Å². The highest BCUT2D eigenvalue weighted by Gasteiger charge is 2.36. The van der Waals surface area contributed by atoms with Crippen molar-refractivity contribution in [2.24, 2.45) is 5.92 Å². The molecule has 12 heteroatoms. The average Bonchev–Trinajstić information content (AvgIpc) is 3.11. The Labute approximate surface area is 206 Å². The number of hydrogen-bond donors (Lipinski definition) is 2. The first-order valence-electron chi connectivity index (χ1n) is 9.12. The fraction of sp³-hybridized carbons (Fsp3) is 0.200. The summed E-state index contributed by atoms with van der Waals surface area (Å²) in [5.74, 6) is -3.17. The van der Waals surface area contributed by atoms with Gasteiger partial charge in [0.05, 0.1) is 27.5 Å². The number of carbonyl (C=O) groups is 4. The molecule has 0 bridgehead atoms. The predicted octanol–water partition coefficient (Wildman–Crippen LogP) is 4.08. The molecule has 32 heavy (non-hydrogen) atoms. The molecule has 0 radical (unpaired) electrons. The van der Waals surface area contributed by atoms with E-state index < -0.39 is 36.2 Å². The van der Waals surface area contributed by atoms with E-state index in [0.717, 1.165) is 5.01 Å². The van der Waals surface area contributed by atoms with Crippen LogP contribution < -0.4 is 10.7 Å². The van der Waals surface area contributed by atoms with Crippen LogP contribution in [0.3, 0.4) is 0 Å². The zero-order valence-corrected chi connectivity index (χ0v) is 20.0. The SMILES string of the molecule is O=C(COC(=O)[C@H]1CC(=O)N(NC(=O)c2ccc(Cl)c(Cl)c2)C1)Nc1ccc(Br)c(Cl)c1.